The van der Waals surface area contributed by atoms with Crippen molar-refractivity contribution in [2.45, 2.75) is 91.7 Å². The summed E-state index contributed by atoms with van der Waals surface area (Å²) in [5.41, 5.74) is 5.06. The molecule has 0 aliphatic heterocycles. The summed E-state index contributed by atoms with van der Waals surface area (Å²) < 4.78 is 17.6. The molecule has 0 bridgehead atoms. The molecule has 1 aliphatic carbocycles. The van der Waals surface area contributed by atoms with E-state index < -0.39 is 5.67 Å². The molecule has 2 nitrogen and oxygen atoms in total. The van der Waals surface area contributed by atoms with Crippen molar-refractivity contribution in [3.05, 3.63) is 58.9 Å². The Morgan fingerprint density at radius 2 is 1.69 bits per heavy atom. The van der Waals surface area contributed by atoms with E-state index in [0.29, 0.717) is 5.92 Å². The third kappa shape index (κ3) is 3.91. The maximum absolute atomic E-state index is 15.2. The first kappa shape index (κ1) is 22.8. The van der Waals surface area contributed by atoms with E-state index in [0.717, 1.165) is 27.7 Å². The minimum atomic E-state index is -1.42. The smallest absolute Gasteiger partial charge is 0.146 e. The Hall–Kier alpha value is -2.42. The minimum Gasteiger partial charge on any atom is -0.296 e. The van der Waals surface area contributed by atoms with Crippen LogP contribution in [0.2, 0.25) is 0 Å². The van der Waals surface area contributed by atoms with Gasteiger partial charge in [0.1, 0.15) is 11.3 Å². The molecule has 1 saturated carbocycles. The largest absolute Gasteiger partial charge is 0.296 e. The van der Waals surface area contributed by atoms with Crippen LogP contribution in [0.1, 0.15) is 94.7 Å². The van der Waals surface area contributed by atoms with Crippen molar-refractivity contribution in [1.82, 2.24) is 9.38 Å². The Morgan fingerprint density at radius 3 is 2.31 bits per heavy atom. The van der Waals surface area contributed by atoms with Crippen molar-refractivity contribution in [3.8, 4) is 0 Å². The zero-order chi connectivity index (χ0) is 23.0. The Labute approximate surface area is 191 Å². The summed E-state index contributed by atoms with van der Waals surface area (Å²) in [5, 5.41) is 3.23. The van der Waals surface area contributed by atoms with E-state index in [-0.39, 0.29) is 0 Å². The summed E-state index contributed by atoms with van der Waals surface area (Å²) in [6.45, 7) is 11.9. The fraction of sp³-hybridized carbons (Fsp3) is 0.483. The number of pyridine rings is 1. The van der Waals surface area contributed by atoms with Crippen LogP contribution in [0.15, 0.2) is 36.4 Å². The maximum Gasteiger partial charge on any atom is 0.146 e. The van der Waals surface area contributed by atoms with Gasteiger partial charge in [-0.3, -0.25) is 4.40 Å². The van der Waals surface area contributed by atoms with Gasteiger partial charge in [0.05, 0.1) is 11.2 Å². The summed E-state index contributed by atoms with van der Waals surface area (Å²) in [4.78, 5) is 5.04. The predicted molar refractivity (Wildman–Crippen MR) is 136 cm³/mol. The molecule has 0 atom stereocenters. The minimum absolute atomic E-state index is 0.543. The number of aromatic nitrogens is 2. The number of hydrogen-bond donors (Lipinski definition) is 0. The van der Waals surface area contributed by atoms with Crippen LogP contribution < -0.4 is 0 Å². The van der Waals surface area contributed by atoms with Gasteiger partial charge in [-0.15, -0.1) is 0 Å². The molecule has 2 aromatic heterocycles. The van der Waals surface area contributed by atoms with Gasteiger partial charge in [0.2, 0.25) is 0 Å². The second kappa shape index (κ2) is 8.84. The molecule has 3 heteroatoms. The van der Waals surface area contributed by atoms with Crippen molar-refractivity contribution >= 4 is 27.3 Å². The molecule has 0 amide bonds. The van der Waals surface area contributed by atoms with Gasteiger partial charge in [-0.25, -0.2) is 9.37 Å². The highest BCUT2D eigenvalue weighted by Gasteiger charge is 2.28. The normalized spacial score (nSPS) is 15.0. The predicted octanol–water partition coefficient (Wildman–Crippen LogP) is 8.93. The van der Waals surface area contributed by atoms with Gasteiger partial charge in [0, 0.05) is 27.9 Å². The van der Waals surface area contributed by atoms with Crippen molar-refractivity contribution in [2.75, 3.05) is 0 Å². The molecule has 2 aromatic carbocycles. The summed E-state index contributed by atoms with van der Waals surface area (Å²) in [5.74, 6) is 0.543. The lowest BCUT2D eigenvalue weighted by molar-refractivity contribution is 0.224. The van der Waals surface area contributed by atoms with Gasteiger partial charge >= 0.3 is 0 Å². The van der Waals surface area contributed by atoms with E-state index in [2.05, 4.69) is 56.4 Å². The second-order valence-corrected chi connectivity index (χ2v) is 9.94. The van der Waals surface area contributed by atoms with Crippen molar-refractivity contribution in [1.29, 1.82) is 0 Å². The number of alkyl halides is 1. The molecule has 170 valence electrons. The number of rotatable bonds is 3. The average Bonchev–Trinajstić information content (AvgIpc) is 3.40. The monoisotopic (exact) mass is 432 g/mol. The molecular weight excluding hydrogens is 395 g/mol. The lowest BCUT2D eigenvalue weighted by atomic mass is 9.92. The lowest BCUT2D eigenvalue weighted by Gasteiger charge is -2.20. The summed E-state index contributed by atoms with van der Waals surface area (Å²) in [6.07, 6.45) is 7.64. The van der Waals surface area contributed by atoms with Gasteiger partial charge in [-0.05, 0) is 57.6 Å². The first-order valence-electron chi connectivity index (χ1n) is 12.3. The van der Waals surface area contributed by atoms with E-state index in [1.165, 1.54) is 60.7 Å². The molecule has 1 aliphatic rings. The van der Waals surface area contributed by atoms with Gasteiger partial charge in [-0.2, -0.15) is 0 Å². The lowest BCUT2D eigenvalue weighted by Crippen LogP contribution is -2.11. The molecule has 0 radical (unpaired) electrons. The Balaban J connectivity index is 0.000000567. The SMILES string of the molecule is CCCC.Cc1ccc2c3cccc(C(C)(C)F)c3c3nc(C)c(C4CCCC4)n3c2c1. The van der Waals surface area contributed by atoms with Crippen LogP contribution in [0.25, 0.3) is 27.3 Å². The van der Waals surface area contributed by atoms with Crippen LogP contribution in [0.5, 0.6) is 0 Å². The fourth-order valence-corrected chi connectivity index (χ4v) is 5.20. The maximum atomic E-state index is 15.2. The molecule has 0 unspecified atom stereocenters. The number of halogens is 1. The van der Waals surface area contributed by atoms with Gasteiger partial charge in [0.15, 0.2) is 0 Å². The second-order valence-electron chi connectivity index (χ2n) is 9.94. The zero-order valence-electron chi connectivity index (χ0n) is 20.6. The number of hydrogen-bond acceptors (Lipinski definition) is 1. The van der Waals surface area contributed by atoms with Crippen LogP contribution in [0.4, 0.5) is 4.39 Å². The highest BCUT2D eigenvalue weighted by atomic mass is 19.1. The molecule has 4 aromatic rings. The summed E-state index contributed by atoms with van der Waals surface area (Å²) >= 11 is 0. The zero-order valence-corrected chi connectivity index (χ0v) is 20.6. The highest BCUT2D eigenvalue weighted by Crippen LogP contribution is 2.42. The number of benzene rings is 2. The van der Waals surface area contributed by atoms with Crippen molar-refractivity contribution in [2.24, 2.45) is 0 Å². The van der Waals surface area contributed by atoms with Crippen LogP contribution >= 0.6 is 0 Å². The quantitative estimate of drug-likeness (QED) is 0.295. The molecular formula is C29H37FN2. The van der Waals surface area contributed by atoms with Gasteiger partial charge in [-0.1, -0.05) is 69.9 Å². The van der Waals surface area contributed by atoms with E-state index in [1.54, 1.807) is 13.8 Å². The average molecular weight is 433 g/mol. The first-order chi connectivity index (χ1) is 15.3. The van der Waals surface area contributed by atoms with Crippen LogP contribution in [-0.2, 0) is 5.67 Å². The van der Waals surface area contributed by atoms with Crippen molar-refractivity contribution < 1.29 is 4.39 Å². The van der Waals surface area contributed by atoms with Gasteiger partial charge in [0.25, 0.3) is 0 Å². The van der Waals surface area contributed by atoms with E-state index in [9.17, 15) is 0 Å². The molecule has 0 saturated heterocycles. The molecule has 32 heavy (non-hydrogen) atoms. The van der Waals surface area contributed by atoms with Gasteiger partial charge < -0.3 is 0 Å². The van der Waals surface area contributed by atoms with Crippen LogP contribution in [0, 0.1) is 13.8 Å². The topological polar surface area (TPSA) is 17.3 Å². The van der Waals surface area contributed by atoms with Crippen molar-refractivity contribution in [3.63, 3.8) is 0 Å². The number of nitrogens with zero attached hydrogens (tertiary/aromatic N) is 2. The number of aryl methyl sites for hydroxylation is 2. The fourth-order valence-electron chi connectivity index (χ4n) is 5.20. The molecule has 5 rings (SSSR count). The molecule has 0 N–H and O–H groups in total. The van der Waals surface area contributed by atoms with E-state index in [4.69, 9.17) is 4.98 Å². The third-order valence-electron chi connectivity index (χ3n) is 6.95. The Bertz CT molecular complexity index is 1250. The Kier molecular flexibility index (Phi) is 6.29. The van der Waals surface area contributed by atoms with E-state index in [1.807, 2.05) is 12.1 Å². The van der Waals surface area contributed by atoms with Crippen LogP contribution in [0.3, 0.4) is 0 Å². The first-order valence-corrected chi connectivity index (χ1v) is 12.3. The number of imidazole rings is 1. The standard InChI is InChI=1S/C25H27FN2.C4H10/c1-15-12-13-18-19-10-7-11-20(25(3,4)26)22(19)24-27-16(2)23(17-8-5-6-9-17)28(24)21(18)14-15;1-3-4-2/h7,10-14,17H,5-6,8-9H2,1-4H3;3-4H2,1-2H3. The Morgan fingerprint density at radius 1 is 1.00 bits per heavy atom. The molecule has 1 fully saturated rings. The number of unbranched alkanes of at least 4 members (excludes halogenated alkanes) is 1. The summed E-state index contributed by atoms with van der Waals surface area (Å²) in [6, 6.07) is 12.6. The summed E-state index contributed by atoms with van der Waals surface area (Å²) in [7, 11) is 0. The third-order valence-corrected chi connectivity index (χ3v) is 6.95. The van der Waals surface area contributed by atoms with E-state index >= 15 is 4.39 Å². The number of fused-ring (bicyclic) bond motifs is 6. The molecule has 0 spiro atoms. The highest BCUT2D eigenvalue weighted by molar-refractivity contribution is 6.13. The van der Waals surface area contributed by atoms with Crippen LogP contribution in [-0.4, -0.2) is 9.38 Å². The molecule has 2 heterocycles.